The Balaban J connectivity index is 1.45. The predicted molar refractivity (Wildman–Crippen MR) is 112 cm³/mol. The first kappa shape index (κ1) is 18.4. The zero-order valence-corrected chi connectivity index (χ0v) is 16.8. The fraction of sp³-hybridized carbons (Fsp3) is 0.440. The van der Waals surface area contributed by atoms with Gasteiger partial charge in [-0.05, 0) is 86.5 Å². The zero-order valence-electron chi connectivity index (χ0n) is 16.8. The Morgan fingerprint density at radius 3 is 2.34 bits per heavy atom. The molecule has 6 rings (SSSR count). The van der Waals surface area contributed by atoms with Gasteiger partial charge in [-0.25, -0.2) is 4.79 Å². The van der Waals surface area contributed by atoms with Gasteiger partial charge in [-0.1, -0.05) is 35.9 Å². The lowest BCUT2D eigenvalue weighted by molar-refractivity contribution is -0.143. The average molecular weight is 389 g/mol. The highest BCUT2D eigenvalue weighted by atomic mass is 16.4. The number of benzene rings is 2. The first-order chi connectivity index (χ1) is 13.9. The first-order valence-corrected chi connectivity index (χ1v) is 10.6. The van der Waals surface area contributed by atoms with Gasteiger partial charge < -0.3 is 10.4 Å². The summed E-state index contributed by atoms with van der Waals surface area (Å²) in [6.07, 6.45) is 6.45. The van der Waals surface area contributed by atoms with Gasteiger partial charge in [-0.3, -0.25) is 4.79 Å². The lowest BCUT2D eigenvalue weighted by atomic mass is 9.42. The van der Waals surface area contributed by atoms with Crippen LogP contribution in [0.5, 0.6) is 0 Å². The Bertz CT molecular complexity index is 964. The quantitative estimate of drug-likeness (QED) is 0.758. The molecular weight excluding hydrogens is 362 g/mol. The van der Waals surface area contributed by atoms with E-state index in [-0.39, 0.29) is 22.3 Å². The maximum Gasteiger partial charge on any atom is 0.335 e. The molecule has 0 spiro atoms. The molecule has 0 heterocycles. The van der Waals surface area contributed by atoms with Crippen LogP contribution in [-0.4, -0.2) is 17.0 Å². The number of hydrogen-bond donors (Lipinski definition) is 2. The molecule has 0 unspecified atom stereocenters. The maximum absolute atomic E-state index is 13.5. The van der Waals surface area contributed by atoms with Crippen molar-refractivity contribution >= 4 is 17.6 Å². The molecule has 2 aromatic rings. The Kier molecular flexibility index (Phi) is 4.09. The second kappa shape index (κ2) is 6.45. The first-order valence-electron chi connectivity index (χ1n) is 10.6. The van der Waals surface area contributed by atoms with Crippen LogP contribution in [0.15, 0.2) is 48.5 Å². The van der Waals surface area contributed by atoms with Crippen LogP contribution in [0.4, 0.5) is 5.69 Å². The molecule has 4 nitrogen and oxygen atoms in total. The van der Waals surface area contributed by atoms with Gasteiger partial charge in [0.05, 0.1) is 11.0 Å². The normalized spacial score (nSPS) is 32.2. The molecule has 0 saturated heterocycles. The molecule has 2 N–H and O–H groups in total. The van der Waals surface area contributed by atoms with Crippen molar-refractivity contribution in [1.29, 1.82) is 0 Å². The standard InChI is InChI=1S/C25H27NO3/c1-16-5-7-20(8-6-16)24-11-17-9-18(12-24)14-25(13-17,15-24)23(29)26-21-4-2-3-19(10-21)22(27)28/h2-8,10,17-18H,9,11-15H2,1H3,(H,26,29)(H,27,28)/t17-,18-,24?,25?/m1/s1. The highest BCUT2D eigenvalue weighted by Gasteiger charge is 2.60. The van der Waals surface area contributed by atoms with Crippen LogP contribution in [0.2, 0.25) is 0 Å². The topological polar surface area (TPSA) is 66.4 Å². The van der Waals surface area contributed by atoms with Crippen LogP contribution in [0.3, 0.4) is 0 Å². The molecule has 4 saturated carbocycles. The second-order valence-corrected chi connectivity index (χ2v) is 9.73. The van der Waals surface area contributed by atoms with E-state index < -0.39 is 5.97 Å². The number of aryl methyl sites for hydroxylation is 1. The molecule has 0 aromatic heterocycles. The summed E-state index contributed by atoms with van der Waals surface area (Å²) < 4.78 is 0. The number of amides is 1. The lowest BCUT2D eigenvalue weighted by Gasteiger charge is -2.61. The highest BCUT2D eigenvalue weighted by Crippen LogP contribution is 2.66. The second-order valence-electron chi connectivity index (χ2n) is 9.73. The number of hydrogen-bond acceptors (Lipinski definition) is 2. The van der Waals surface area contributed by atoms with E-state index in [1.165, 1.54) is 30.4 Å². The largest absolute Gasteiger partial charge is 0.478 e. The molecule has 0 aliphatic heterocycles. The van der Waals surface area contributed by atoms with Crippen LogP contribution >= 0.6 is 0 Å². The van der Waals surface area contributed by atoms with E-state index in [1.54, 1.807) is 24.3 Å². The Morgan fingerprint density at radius 2 is 1.69 bits per heavy atom. The van der Waals surface area contributed by atoms with Gasteiger partial charge in [-0.2, -0.15) is 0 Å². The predicted octanol–water partition coefficient (Wildman–Crippen LogP) is 5.17. The number of aromatic carboxylic acids is 1. The van der Waals surface area contributed by atoms with E-state index in [2.05, 4.69) is 36.5 Å². The number of carboxylic acids is 1. The Labute approximate surface area is 171 Å². The molecule has 2 atom stereocenters. The third-order valence-corrected chi connectivity index (χ3v) is 7.57. The highest BCUT2D eigenvalue weighted by molar-refractivity contribution is 5.97. The molecule has 4 fully saturated rings. The minimum absolute atomic E-state index is 0.0747. The fourth-order valence-corrected chi connectivity index (χ4v) is 6.77. The van der Waals surface area contributed by atoms with E-state index in [1.807, 2.05) is 0 Å². The van der Waals surface area contributed by atoms with Gasteiger partial charge in [0.15, 0.2) is 0 Å². The summed E-state index contributed by atoms with van der Waals surface area (Å²) >= 11 is 0. The molecule has 4 heteroatoms. The molecule has 0 radical (unpaired) electrons. The van der Waals surface area contributed by atoms with Crippen molar-refractivity contribution in [2.75, 3.05) is 5.32 Å². The molecule has 150 valence electrons. The van der Waals surface area contributed by atoms with Crippen molar-refractivity contribution in [2.45, 2.75) is 50.9 Å². The van der Waals surface area contributed by atoms with Crippen LogP contribution in [0, 0.1) is 24.2 Å². The van der Waals surface area contributed by atoms with Crippen molar-refractivity contribution < 1.29 is 14.7 Å². The molecule has 2 aromatic carbocycles. The SMILES string of the molecule is Cc1ccc(C23C[C@H]4C[C@@H](CC(C(=O)Nc5cccc(C(=O)O)c5)(C4)C2)C3)cc1. The molecule has 4 aliphatic carbocycles. The third-order valence-electron chi connectivity index (χ3n) is 7.57. The summed E-state index contributed by atoms with van der Waals surface area (Å²) in [5, 5.41) is 12.3. The summed E-state index contributed by atoms with van der Waals surface area (Å²) in [6.45, 7) is 2.11. The smallest absolute Gasteiger partial charge is 0.335 e. The lowest BCUT2D eigenvalue weighted by Crippen LogP contribution is -2.57. The van der Waals surface area contributed by atoms with E-state index >= 15 is 0 Å². The Hall–Kier alpha value is -2.62. The van der Waals surface area contributed by atoms with E-state index in [9.17, 15) is 14.7 Å². The summed E-state index contributed by atoms with van der Waals surface area (Å²) in [4.78, 5) is 24.8. The molecule has 4 aliphatic rings. The molecule has 4 bridgehead atoms. The van der Waals surface area contributed by atoms with Crippen molar-refractivity contribution in [1.82, 2.24) is 0 Å². The number of anilines is 1. The third kappa shape index (κ3) is 3.06. The summed E-state index contributed by atoms with van der Waals surface area (Å²) in [6, 6.07) is 15.5. The minimum atomic E-state index is -0.978. The minimum Gasteiger partial charge on any atom is -0.478 e. The number of carbonyl (C=O) groups excluding carboxylic acids is 1. The monoisotopic (exact) mass is 389 g/mol. The summed E-state index contributed by atoms with van der Waals surface area (Å²) in [5.41, 5.74) is 3.21. The maximum atomic E-state index is 13.5. The van der Waals surface area contributed by atoms with Crippen molar-refractivity contribution in [2.24, 2.45) is 17.3 Å². The van der Waals surface area contributed by atoms with Crippen LogP contribution in [0.1, 0.15) is 60.0 Å². The number of rotatable bonds is 4. The number of carbonyl (C=O) groups is 2. The molecule has 29 heavy (non-hydrogen) atoms. The van der Waals surface area contributed by atoms with Crippen molar-refractivity contribution in [3.63, 3.8) is 0 Å². The van der Waals surface area contributed by atoms with Gasteiger partial charge in [0.25, 0.3) is 0 Å². The van der Waals surface area contributed by atoms with Crippen molar-refractivity contribution in [3.05, 3.63) is 65.2 Å². The Morgan fingerprint density at radius 1 is 1.00 bits per heavy atom. The van der Waals surface area contributed by atoms with Crippen molar-refractivity contribution in [3.8, 4) is 0 Å². The molecular formula is C25H27NO3. The van der Waals surface area contributed by atoms with E-state index in [4.69, 9.17) is 0 Å². The van der Waals surface area contributed by atoms with E-state index in [0.717, 1.165) is 19.3 Å². The van der Waals surface area contributed by atoms with Gasteiger partial charge in [0.1, 0.15) is 0 Å². The summed E-state index contributed by atoms with van der Waals surface area (Å²) in [5.74, 6) is 0.308. The van der Waals surface area contributed by atoms with Gasteiger partial charge in [-0.15, -0.1) is 0 Å². The number of carboxylic acid groups (broad SMARTS) is 1. The summed E-state index contributed by atoms with van der Waals surface area (Å²) in [7, 11) is 0. The van der Waals surface area contributed by atoms with Gasteiger partial charge in [0, 0.05) is 5.69 Å². The van der Waals surface area contributed by atoms with Gasteiger partial charge >= 0.3 is 5.97 Å². The average Bonchev–Trinajstić information content (AvgIpc) is 2.67. The van der Waals surface area contributed by atoms with Crippen LogP contribution < -0.4 is 5.32 Å². The van der Waals surface area contributed by atoms with Crippen LogP contribution in [0.25, 0.3) is 0 Å². The molecule has 1 amide bonds. The van der Waals surface area contributed by atoms with Crippen LogP contribution in [-0.2, 0) is 10.2 Å². The zero-order chi connectivity index (χ0) is 20.2. The van der Waals surface area contributed by atoms with Gasteiger partial charge in [0.2, 0.25) is 5.91 Å². The van der Waals surface area contributed by atoms with E-state index in [0.29, 0.717) is 17.5 Å². The number of nitrogens with one attached hydrogen (secondary N) is 1. The fourth-order valence-electron chi connectivity index (χ4n) is 6.77.